The first kappa shape index (κ1) is 22.9. The number of carbonyl (C=O) groups excluding carboxylic acids is 2. The minimum atomic E-state index is -0.743. The number of ether oxygens (including phenoxy) is 2. The van der Waals surface area contributed by atoms with E-state index in [4.69, 9.17) is 13.9 Å². The van der Waals surface area contributed by atoms with Crippen LogP contribution in [-0.4, -0.2) is 58.4 Å². The second-order valence-electron chi connectivity index (χ2n) is 8.35. The summed E-state index contributed by atoms with van der Waals surface area (Å²) >= 11 is 1.47. The number of hydrogen-bond acceptors (Lipinski definition) is 8. The van der Waals surface area contributed by atoms with Gasteiger partial charge in [0.15, 0.2) is 17.3 Å². The molecule has 2 saturated heterocycles. The van der Waals surface area contributed by atoms with Crippen LogP contribution in [0.1, 0.15) is 47.6 Å². The topological polar surface area (TPSA) is 109 Å². The molecule has 0 spiro atoms. The second-order valence-corrected chi connectivity index (χ2v) is 9.07. The zero-order valence-corrected chi connectivity index (χ0v) is 19.9. The molecule has 3 aromatic rings. The Morgan fingerprint density at radius 1 is 1.29 bits per heavy atom. The summed E-state index contributed by atoms with van der Waals surface area (Å²) in [6.07, 6.45) is 2.06. The number of amides is 2. The van der Waals surface area contributed by atoms with Crippen LogP contribution in [0.15, 0.2) is 51.9 Å². The fourth-order valence-corrected chi connectivity index (χ4v) is 5.24. The molecule has 180 valence electrons. The molecule has 9 nitrogen and oxygen atoms in total. The molecule has 0 saturated carbocycles. The van der Waals surface area contributed by atoms with E-state index >= 15 is 0 Å². The lowest BCUT2D eigenvalue weighted by Crippen LogP contribution is -2.66. The summed E-state index contributed by atoms with van der Waals surface area (Å²) in [6, 6.07) is 10.0. The van der Waals surface area contributed by atoms with Crippen molar-refractivity contribution in [3.05, 3.63) is 64.5 Å². The Kier molecular flexibility index (Phi) is 6.42. The number of thiazole rings is 1. The minimum Gasteiger partial charge on any atom is -0.490 e. The van der Waals surface area contributed by atoms with Crippen LogP contribution in [0, 0.1) is 11.3 Å². The van der Waals surface area contributed by atoms with Crippen molar-refractivity contribution in [1.82, 2.24) is 14.8 Å². The van der Waals surface area contributed by atoms with Crippen LogP contribution in [0.25, 0.3) is 0 Å². The van der Waals surface area contributed by atoms with Crippen LogP contribution in [-0.2, 0) is 4.79 Å². The van der Waals surface area contributed by atoms with Gasteiger partial charge in [0.05, 0.1) is 35.7 Å². The van der Waals surface area contributed by atoms with E-state index in [0.29, 0.717) is 55.4 Å². The highest BCUT2D eigenvalue weighted by molar-refractivity contribution is 7.07. The van der Waals surface area contributed by atoms with Crippen molar-refractivity contribution in [1.29, 1.82) is 5.26 Å². The van der Waals surface area contributed by atoms with Gasteiger partial charge in [-0.3, -0.25) is 9.59 Å². The second kappa shape index (κ2) is 9.80. The predicted octanol–water partition coefficient (Wildman–Crippen LogP) is 3.64. The molecule has 1 aromatic carbocycles. The largest absolute Gasteiger partial charge is 0.490 e. The predicted molar refractivity (Wildman–Crippen MR) is 126 cm³/mol. The highest BCUT2D eigenvalue weighted by Crippen LogP contribution is 2.43. The zero-order chi connectivity index (χ0) is 24.4. The molecule has 2 fully saturated rings. The number of furan rings is 1. The number of aromatic nitrogens is 1. The third kappa shape index (κ3) is 4.35. The molecule has 0 radical (unpaired) electrons. The number of hydrogen-bond donors (Lipinski definition) is 0. The minimum absolute atomic E-state index is 0.0259. The summed E-state index contributed by atoms with van der Waals surface area (Å²) < 4.78 is 17.1. The van der Waals surface area contributed by atoms with Gasteiger partial charge in [-0.1, -0.05) is 0 Å². The van der Waals surface area contributed by atoms with Gasteiger partial charge in [-0.15, -0.1) is 11.3 Å². The van der Waals surface area contributed by atoms with Crippen LogP contribution >= 0.6 is 11.3 Å². The third-order valence-electron chi connectivity index (χ3n) is 6.34. The van der Waals surface area contributed by atoms with E-state index in [1.807, 2.05) is 17.2 Å². The average molecular weight is 493 g/mol. The Bertz CT molecular complexity index is 1230. The van der Waals surface area contributed by atoms with E-state index in [2.05, 4.69) is 11.1 Å². The molecule has 2 aromatic heterocycles. The Hall–Kier alpha value is -3.84. The van der Waals surface area contributed by atoms with Crippen LogP contribution in [0.4, 0.5) is 0 Å². The van der Waals surface area contributed by atoms with E-state index in [-0.39, 0.29) is 23.9 Å². The summed E-state index contributed by atoms with van der Waals surface area (Å²) in [6.45, 7) is 3.32. The van der Waals surface area contributed by atoms with Crippen LogP contribution in [0.3, 0.4) is 0 Å². The number of likely N-dealkylation sites (tertiary alicyclic amines) is 2. The van der Waals surface area contributed by atoms with Crippen molar-refractivity contribution in [2.75, 3.05) is 19.7 Å². The van der Waals surface area contributed by atoms with E-state index < -0.39 is 6.10 Å². The van der Waals surface area contributed by atoms with Gasteiger partial charge in [-0.05, 0) is 44.0 Å². The van der Waals surface area contributed by atoms with Gasteiger partial charge in [-0.25, -0.2) is 4.98 Å². The van der Waals surface area contributed by atoms with E-state index in [1.165, 1.54) is 17.6 Å². The maximum Gasteiger partial charge on any atom is 0.289 e. The number of nitrogens with zero attached hydrogens (tertiary/aromatic N) is 4. The number of β-lactam (4-membered cyclic amide) rings is 1. The standard InChI is InChI=1S/C25H24N4O5S/c1-2-32-21-12-16(13-26)5-6-19(21)34-23-22(18-14-35-15-27-18)29(25(23)31)17-7-9-28(10-8-17)24(30)20-4-3-11-33-20/h3-6,11-12,14-15,17,22-23H,2,7-10H2,1H3/t22-,23+/m1/s1. The van der Waals surface area contributed by atoms with E-state index in [1.54, 1.807) is 40.7 Å². The number of carbonyl (C=O) groups is 2. The molecule has 35 heavy (non-hydrogen) atoms. The van der Waals surface area contributed by atoms with Crippen molar-refractivity contribution in [3.8, 4) is 17.6 Å². The number of rotatable bonds is 7. The molecule has 2 amide bonds. The van der Waals surface area contributed by atoms with Crippen molar-refractivity contribution in [3.63, 3.8) is 0 Å². The van der Waals surface area contributed by atoms with Gasteiger partial charge in [0, 0.05) is 30.6 Å². The Morgan fingerprint density at radius 3 is 2.77 bits per heavy atom. The van der Waals surface area contributed by atoms with Gasteiger partial charge < -0.3 is 23.7 Å². The monoisotopic (exact) mass is 492 g/mol. The maximum absolute atomic E-state index is 13.4. The summed E-state index contributed by atoms with van der Waals surface area (Å²) in [7, 11) is 0. The Morgan fingerprint density at radius 2 is 2.11 bits per heavy atom. The zero-order valence-electron chi connectivity index (χ0n) is 19.1. The number of benzene rings is 1. The summed E-state index contributed by atoms with van der Waals surface area (Å²) in [5.41, 5.74) is 2.97. The SMILES string of the molecule is CCOc1cc(C#N)ccc1O[C@@H]1C(=O)N(C2CCN(C(=O)c3ccco3)CC2)[C@@H]1c1cscn1. The van der Waals surface area contributed by atoms with Gasteiger partial charge >= 0.3 is 0 Å². The average Bonchev–Trinajstić information content (AvgIpc) is 3.61. The molecular formula is C25H24N4O5S. The van der Waals surface area contributed by atoms with Crippen LogP contribution in [0.2, 0.25) is 0 Å². The van der Waals surface area contributed by atoms with Gasteiger partial charge in [-0.2, -0.15) is 5.26 Å². The van der Waals surface area contributed by atoms with Gasteiger partial charge in [0.25, 0.3) is 11.8 Å². The van der Waals surface area contributed by atoms with Crippen molar-refractivity contribution in [2.24, 2.45) is 0 Å². The first-order valence-corrected chi connectivity index (χ1v) is 12.4. The van der Waals surface area contributed by atoms with E-state index in [9.17, 15) is 14.9 Å². The molecule has 5 rings (SSSR count). The van der Waals surface area contributed by atoms with Crippen molar-refractivity contribution < 1.29 is 23.5 Å². The van der Waals surface area contributed by atoms with Crippen molar-refractivity contribution in [2.45, 2.75) is 38.0 Å². The molecule has 0 aliphatic carbocycles. The van der Waals surface area contributed by atoms with Crippen LogP contribution in [0.5, 0.6) is 11.5 Å². The molecule has 0 N–H and O–H groups in total. The summed E-state index contributed by atoms with van der Waals surface area (Å²) in [5.74, 6) is 0.919. The summed E-state index contributed by atoms with van der Waals surface area (Å²) in [5, 5.41) is 11.1. The molecule has 10 heteroatoms. The number of nitriles is 1. The molecule has 2 aliphatic rings. The lowest BCUT2D eigenvalue weighted by molar-refractivity contribution is -0.171. The maximum atomic E-state index is 13.4. The normalized spacial score (nSPS) is 20.3. The number of piperidine rings is 1. The smallest absolute Gasteiger partial charge is 0.289 e. The highest BCUT2D eigenvalue weighted by atomic mass is 32.1. The van der Waals surface area contributed by atoms with Crippen LogP contribution < -0.4 is 9.47 Å². The molecule has 0 unspecified atom stereocenters. The fraction of sp³-hybridized carbons (Fsp3) is 0.360. The van der Waals surface area contributed by atoms with E-state index in [0.717, 1.165) is 5.69 Å². The molecule has 2 aliphatic heterocycles. The Balaban J connectivity index is 1.32. The molecule has 0 bridgehead atoms. The highest BCUT2D eigenvalue weighted by Gasteiger charge is 2.54. The summed E-state index contributed by atoms with van der Waals surface area (Å²) in [4.78, 5) is 34.0. The molecular weight excluding hydrogens is 468 g/mol. The quantitative estimate of drug-likeness (QED) is 0.463. The van der Waals surface area contributed by atoms with Gasteiger partial charge in [0.1, 0.15) is 6.04 Å². The molecule has 4 heterocycles. The van der Waals surface area contributed by atoms with Gasteiger partial charge in [0.2, 0.25) is 6.10 Å². The third-order valence-corrected chi connectivity index (χ3v) is 6.95. The molecule has 2 atom stereocenters. The van der Waals surface area contributed by atoms with Crippen molar-refractivity contribution >= 4 is 23.2 Å². The first-order valence-electron chi connectivity index (χ1n) is 11.5. The first-order chi connectivity index (χ1) is 17.1. The lowest BCUT2D eigenvalue weighted by atomic mass is 9.89. The fourth-order valence-electron chi connectivity index (χ4n) is 4.65. The lowest BCUT2D eigenvalue weighted by Gasteiger charge is -2.51. The Labute approximate surface area is 206 Å².